The maximum Gasteiger partial charge on any atom is 0.259 e. The molecule has 3 aromatic rings. The Morgan fingerprint density at radius 1 is 1.19 bits per heavy atom. The van der Waals surface area contributed by atoms with Crippen molar-refractivity contribution in [1.29, 1.82) is 0 Å². The summed E-state index contributed by atoms with van der Waals surface area (Å²) >= 11 is 0. The number of nitrogens with one attached hydrogen (secondary N) is 1. The van der Waals surface area contributed by atoms with Crippen molar-refractivity contribution in [3.8, 4) is 5.75 Å². The van der Waals surface area contributed by atoms with Gasteiger partial charge in [0.1, 0.15) is 5.75 Å². The molecule has 0 aliphatic carbocycles. The molecule has 3 heterocycles. The van der Waals surface area contributed by atoms with E-state index in [1.165, 1.54) is 6.20 Å². The monoisotopic (exact) mass is 434 g/mol. The normalized spacial score (nSPS) is 16.0. The number of rotatable bonds is 5. The summed E-state index contributed by atoms with van der Waals surface area (Å²) in [6.07, 6.45) is 7.51. The molecule has 0 radical (unpaired) electrons. The SMILES string of the molecule is COc1ccccc1NC(=O)c1cnc([C@@H]2CCCCN2C(=O)c2cnn(C)c2)nc1C. The third kappa shape index (κ3) is 4.32. The van der Waals surface area contributed by atoms with Gasteiger partial charge in [0.25, 0.3) is 11.8 Å². The first-order chi connectivity index (χ1) is 15.5. The lowest BCUT2D eigenvalue weighted by Crippen LogP contribution is -2.39. The summed E-state index contributed by atoms with van der Waals surface area (Å²) in [5, 5.41) is 6.96. The van der Waals surface area contributed by atoms with E-state index in [1.807, 2.05) is 17.0 Å². The summed E-state index contributed by atoms with van der Waals surface area (Å²) in [5.74, 6) is 0.726. The topological polar surface area (TPSA) is 102 Å². The van der Waals surface area contributed by atoms with Crippen LogP contribution in [0, 0.1) is 6.92 Å². The Morgan fingerprint density at radius 3 is 2.72 bits per heavy atom. The molecule has 1 aliphatic rings. The van der Waals surface area contributed by atoms with Gasteiger partial charge in [0, 0.05) is 26.0 Å². The summed E-state index contributed by atoms with van der Waals surface area (Å²) in [6.45, 7) is 2.41. The van der Waals surface area contributed by atoms with Gasteiger partial charge in [-0.05, 0) is 38.3 Å². The Labute approximate surface area is 186 Å². The van der Waals surface area contributed by atoms with Crippen molar-refractivity contribution in [2.45, 2.75) is 32.2 Å². The van der Waals surface area contributed by atoms with Crippen LogP contribution in [0.5, 0.6) is 5.75 Å². The molecule has 1 saturated heterocycles. The molecule has 0 spiro atoms. The van der Waals surface area contributed by atoms with E-state index in [1.54, 1.807) is 50.3 Å². The fourth-order valence-corrected chi connectivity index (χ4v) is 3.95. The first-order valence-electron chi connectivity index (χ1n) is 10.6. The summed E-state index contributed by atoms with van der Waals surface area (Å²) < 4.78 is 6.91. The molecule has 0 bridgehead atoms. The number of nitrogens with zero attached hydrogens (tertiary/aromatic N) is 5. The van der Waals surface area contributed by atoms with Gasteiger partial charge in [-0.2, -0.15) is 5.10 Å². The van der Waals surface area contributed by atoms with Crippen LogP contribution in [0.2, 0.25) is 0 Å². The predicted octanol–water partition coefficient (Wildman–Crippen LogP) is 3.15. The van der Waals surface area contributed by atoms with E-state index in [4.69, 9.17) is 4.74 Å². The molecular formula is C23H26N6O3. The number of methoxy groups -OCH3 is 1. The number of piperidine rings is 1. The van der Waals surface area contributed by atoms with Crippen LogP contribution in [0.15, 0.2) is 42.9 Å². The van der Waals surface area contributed by atoms with Crippen LogP contribution < -0.4 is 10.1 Å². The average Bonchev–Trinajstić information content (AvgIpc) is 3.25. The van der Waals surface area contributed by atoms with Crippen molar-refractivity contribution in [2.75, 3.05) is 19.0 Å². The molecule has 0 unspecified atom stereocenters. The van der Waals surface area contributed by atoms with E-state index < -0.39 is 0 Å². The third-order valence-corrected chi connectivity index (χ3v) is 5.61. The highest BCUT2D eigenvalue weighted by atomic mass is 16.5. The van der Waals surface area contributed by atoms with Gasteiger partial charge in [0.15, 0.2) is 5.82 Å². The second-order valence-electron chi connectivity index (χ2n) is 7.79. The number of hydrogen-bond acceptors (Lipinski definition) is 6. The van der Waals surface area contributed by atoms with Gasteiger partial charge in [-0.25, -0.2) is 9.97 Å². The van der Waals surface area contributed by atoms with Crippen LogP contribution in [-0.4, -0.2) is 50.1 Å². The van der Waals surface area contributed by atoms with E-state index in [9.17, 15) is 9.59 Å². The van der Waals surface area contributed by atoms with Gasteiger partial charge >= 0.3 is 0 Å². The molecular weight excluding hydrogens is 408 g/mol. The smallest absolute Gasteiger partial charge is 0.259 e. The molecule has 2 aromatic heterocycles. The zero-order valence-corrected chi connectivity index (χ0v) is 18.4. The minimum Gasteiger partial charge on any atom is -0.495 e. The van der Waals surface area contributed by atoms with Crippen molar-refractivity contribution in [1.82, 2.24) is 24.6 Å². The van der Waals surface area contributed by atoms with Gasteiger partial charge in [-0.3, -0.25) is 14.3 Å². The van der Waals surface area contributed by atoms with Gasteiger partial charge in [-0.1, -0.05) is 12.1 Å². The Kier molecular flexibility index (Phi) is 6.16. The number of carbonyl (C=O) groups excluding carboxylic acids is 2. The fraction of sp³-hybridized carbons (Fsp3) is 0.348. The molecule has 9 nitrogen and oxygen atoms in total. The molecule has 1 aromatic carbocycles. The number of anilines is 1. The highest BCUT2D eigenvalue weighted by molar-refractivity contribution is 6.05. The number of amides is 2. The minimum atomic E-state index is -0.314. The maximum atomic E-state index is 13.1. The lowest BCUT2D eigenvalue weighted by Gasteiger charge is -2.34. The van der Waals surface area contributed by atoms with E-state index in [0.717, 1.165) is 19.3 Å². The molecule has 4 rings (SSSR count). The van der Waals surface area contributed by atoms with Crippen molar-refractivity contribution >= 4 is 17.5 Å². The lowest BCUT2D eigenvalue weighted by atomic mass is 10.00. The molecule has 1 atom stereocenters. The number of benzene rings is 1. The summed E-state index contributed by atoms with van der Waals surface area (Å²) in [7, 11) is 3.34. The average molecular weight is 435 g/mol. The van der Waals surface area contributed by atoms with Crippen LogP contribution in [0.4, 0.5) is 5.69 Å². The number of aryl methyl sites for hydroxylation is 2. The van der Waals surface area contributed by atoms with E-state index in [2.05, 4.69) is 20.4 Å². The first-order valence-corrected chi connectivity index (χ1v) is 10.6. The van der Waals surface area contributed by atoms with Crippen LogP contribution in [0.1, 0.15) is 57.5 Å². The van der Waals surface area contributed by atoms with E-state index >= 15 is 0 Å². The third-order valence-electron chi connectivity index (χ3n) is 5.61. The Hall–Kier alpha value is -3.75. The Morgan fingerprint density at radius 2 is 2.00 bits per heavy atom. The molecule has 166 valence electrons. The molecule has 9 heteroatoms. The Balaban J connectivity index is 1.56. The quantitative estimate of drug-likeness (QED) is 0.662. The van der Waals surface area contributed by atoms with E-state index in [-0.39, 0.29) is 17.9 Å². The van der Waals surface area contributed by atoms with Gasteiger partial charge in [0.2, 0.25) is 0 Å². The van der Waals surface area contributed by atoms with Gasteiger partial charge in [-0.15, -0.1) is 0 Å². The highest BCUT2D eigenvalue weighted by Crippen LogP contribution is 2.31. The lowest BCUT2D eigenvalue weighted by molar-refractivity contribution is 0.0599. The zero-order chi connectivity index (χ0) is 22.7. The van der Waals surface area contributed by atoms with Crippen molar-refractivity contribution in [2.24, 2.45) is 7.05 Å². The maximum absolute atomic E-state index is 13.1. The number of carbonyl (C=O) groups is 2. The number of para-hydroxylation sites is 2. The van der Waals surface area contributed by atoms with Crippen LogP contribution in [0.25, 0.3) is 0 Å². The van der Waals surface area contributed by atoms with Crippen LogP contribution >= 0.6 is 0 Å². The first kappa shape index (κ1) is 21.5. The molecule has 1 aliphatic heterocycles. The standard InChI is InChI=1S/C23H26N6O3/c1-15-17(22(30)27-18-8-4-5-10-20(18)32-3)13-24-21(26-15)19-9-6-7-11-29(19)23(31)16-12-25-28(2)14-16/h4-5,8,10,12-14,19H,6-7,9,11H2,1-3H3,(H,27,30)/t19-/m0/s1. The van der Waals surface area contributed by atoms with Gasteiger partial charge < -0.3 is 15.0 Å². The van der Waals surface area contributed by atoms with Crippen molar-refractivity contribution in [3.63, 3.8) is 0 Å². The highest BCUT2D eigenvalue weighted by Gasteiger charge is 2.31. The molecule has 1 fully saturated rings. The summed E-state index contributed by atoms with van der Waals surface area (Å²) in [6, 6.07) is 6.97. The van der Waals surface area contributed by atoms with Crippen molar-refractivity contribution in [3.05, 3.63) is 65.5 Å². The number of hydrogen-bond donors (Lipinski definition) is 1. The van der Waals surface area contributed by atoms with Crippen LogP contribution in [0.3, 0.4) is 0 Å². The molecule has 32 heavy (non-hydrogen) atoms. The summed E-state index contributed by atoms with van der Waals surface area (Å²) in [5.41, 5.74) is 2.05. The van der Waals surface area contributed by atoms with Crippen LogP contribution in [-0.2, 0) is 7.05 Å². The largest absolute Gasteiger partial charge is 0.495 e. The number of ether oxygens (including phenoxy) is 1. The van der Waals surface area contributed by atoms with Gasteiger partial charge in [0.05, 0.1) is 41.9 Å². The molecule has 0 saturated carbocycles. The zero-order valence-electron chi connectivity index (χ0n) is 18.4. The predicted molar refractivity (Wildman–Crippen MR) is 119 cm³/mol. The number of aromatic nitrogens is 4. The molecule has 1 N–H and O–H groups in total. The van der Waals surface area contributed by atoms with E-state index in [0.29, 0.717) is 40.6 Å². The second-order valence-corrected chi connectivity index (χ2v) is 7.79. The second kappa shape index (κ2) is 9.17. The number of likely N-dealkylation sites (tertiary alicyclic amines) is 1. The van der Waals surface area contributed by atoms with Crippen molar-refractivity contribution < 1.29 is 14.3 Å². The minimum absolute atomic E-state index is 0.0814. The summed E-state index contributed by atoms with van der Waals surface area (Å²) in [4.78, 5) is 36.8. The fourth-order valence-electron chi connectivity index (χ4n) is 3.95. The Bertz CT molecular complexity index is 1140. The molecule has 2 amide bonds.